The fourth-order valence-corrected chi connectivity index (χ4v) is 5.46. The van der Waals surface area contributed by atoms with Crippen molar-refractivity contribution in [3.05, 3.63) is 42.4 Å². The number of hydrogen-bond donors (Lipinski definition) is 0. The number of rotatable bonds is 8. The van der Waals surface area contributed by atoms with Crippen LogP contribution in [0.2, 0.25) is 0 Å². The first-order valence-electron chi connectivity index (χ1n) is 11.9. The van der Waals surface area contributed by atoms with Crippen molar-refractivity contribution in [1.82, 2.24) is 4.98 Å². The van der Waals surface area contributed by atoms with E-state index in [1.807, 2.05) is 0 Å². The van der Waals surface area contributed by atoms with E-state index in [2.05, 4.69) is 23.7 Å². The van der Waals surface area contributed by atoms with Crippen LogP contribution in [0.4, 0.5) is 4.39 Å². The summed E-state index contributed by atoms with van der Waals surface area (Å²) in [5.74, 6) is 2.97. The van der Waals surface area contributed by atoms with Gasteiger partial charge in [-0.3, -0.25) is 0 Å². The van der Waals surface area contributed by atoms with Gasteiger partial charge in [0.15, 0.2) is 5.75 Å². The molecule has 3 nitrogen and oxygen atoms in total. The predicted octanol–water partition coefficient (Wildman–Crippen LogP) is 6.89. The van der Waals surface area contributed by atoms with Gasteiger partial charge in [0.1, 0.15) is 6.61 Å². The molecule has 0 bridgehead atoms. The molecule has 4 rings (SSSR count). The van der Waals surface area contributed by atoms with Gasteiger partial charge in [-0.1, -0.05) is 25.0 Å². The summed E-state index contributed by atoms with van der Waals surface area (Å²) in [6.45, 7) is 5.04. The number of hydrogen-bond acceptors (Lipinski definition) is 3. The van der Waals surface area contributed by atoms with E-state index in [0.29, 0.717) is 25.0 Å². The van der Waals surface area contributed by atoms with Crippen molar-refractivity contribution in [2.75, 3.05) is 13.2 Å². The van der Waals surface area contributed by atoms with Crippen LogP contribution < -0.4 is 9.47 Å². The van der Waals surface area contributed by atoms with E-state index >= 15 is 0 Å². The van der Waals surface area contributed by atoms with E-state index in [1.54, 1.807) is 12.1 Å². The molecule has 2 saturated carbocycles. The number of nitrogens with zero attached hydrogens (tertiary/aromatic N) is 1. The summed E-state index contributed by atoms with van der Waals surface area (Å²) in [7, 11) is 0. The summed E-state index contributed by atoms with van der Waals surface area (Å²) < 4.78 is 25.7. The SMILES string of the molecule is C=CC1CCC(C2CC=C(COc3ccc(OCC4CCCC4)c(F)n3)CC2)CC1. The summed E-state index contributed by atoms with van der Waals surface area (Å²) in [4.78, 5) is 3.96. The van der Waals surface area contributed by atoms with Gasteiger partial charge in [-0.05, 0) is 93.1 Å². The van der Waals surface area contributed by atoms with Gasteiger partial charge < -0.3 is 9.47 Å². The second-order valence-electron chi connectivity index (χ2n) is 9.50. The van der Waals surface area contributed by atoms with E-state index in [1.165, 1.54) is 63.4 Å². The summed E-state index contributed by atoms with van der Waals surface area (Å²) >= 11 is 0. The second kappa shape index (κ2) is 10.5. The lowest BCUT2D eigenvalue weighted by Crippen LogP contribution is -2.23. The highest BCUT2D eigenvalue weighted by Gasteiger charge is 2.27. The molecule has 1 unspecified atom stereocenters. The summed E-state index contributed by atoms with van der Waals surface area (Å²) in [6.07, 6.45) is 18.2. The minimum Gasteiger partial charge on any atom is -0.488 e. The molecule has 0 radical (unpaired) electrons. The van der Waals surface area contributed by atoms with E-state index in [0.717, 1.165) is 30.6 Å². The molecule has 0 aromatic carbocycles. The number of pyridine rings is 1. The van der Waals surface area contributed by atoms with Gasteiger partial charge in [0.2, 0.25) is 5.88 Å². The van der Waals surface area contributed by atoms with Gasteiger partial charge in [0, 0.05) is 6.07 Å². The van der Waals surface area contributed by atoms with Gasteiger partial charge in [-0.25, -0.2) is 0 Å². The van der Waals surface area contributed by atoms with E-state index < -0.39 is 5.95 Å². The second-order valence-corrected chi connectivity index (χ2v) is 9.50. The summed E-state index contributed by atoms with van der Waals surface area (Å²) in [5, 5.41) is 0. The molecule has 164 valence electrons. The van der Waals surface area contributed by atoms with Crippen molar-refractivity contribution >= 4 is 0 Å². The van der Waals surface area contributed by atoms with Crippen molar-refractivity contribution < 1.29 is 13.9 Å². The molecule has 0 aliphatic heterocycles. The van der Waals surface area contributed by atoms with Gasteiger partial charge in [0.05, 0.1) is 6.61 Å². The zero-order valence-corrected chi connectivity index (χ0v) is 18.2. The molecular weight excluding hydrogens is 377 g/mol. The van der Waals surface area contributed by atoms with Crippen molar-refractivity contribution in [2.45, 2.75) is 70.6 Å². The van der Waals surface area contributed by atoms with Crippen LogP contribution in [0.25, 0.3) is 0 Å². The van der Waals surface area contributed by atoms with Crippen LogP contribution in [-0.4, -0.2) is 18.2 Å². The van der Waals surface area contributed by atoms with E-state index in [9.17, 15) is 4.39 Å². The van der Waals surface area contributed by atoms with Crippen molar-refractivity contribution in [2.24, 2.45) is 23.7 Å². The summed E-state index contributed by atoms with van der Waals surface area (Å²) in [5.41, 5.74) is 1.31. The van der Waals surface area contributed by atoms with Gasteiger partial charge in [-0.15, -0.1) is 6.58 Å². The normalized spacial score (nSPS) is 27.5. The number of aromatic nitrogens is 1. The number of ether oxygens (including phenoxy) is 2. The highest BCUT2D eigenvalue weighted by molar-refractivity contribution is 5.25. The maximum atomic E-state index is 14.3. The Labute approximate surface area is 180 Å². The molecule has 1 aromatic rings. The molecule has 3 aliphatic carbocycles. The molecule has 2 fully saturated rings. The minimum atomic E-state index is -0.571. The first-order chi connectivity index (χ1) is 14.7. The fourth-order valence-electron chi connectivity index (χ4n) is 5.46. The van der Waals surface area contributed by atoms with Crippen LogP contribution in [0.5, 0.6) is 11.6 Å². The molecule has 4 heteroatoms. The molecule has 1 heterocycles. The number of halogens is 1. The Morgan fingerprint density at radius 3 is 2.47 bits per heavy atom. The van der Waals surface area contributed by atoms with Crippen LogP contribution in [0.1, 0.15) is 70.6 Å². The van der Waals surface area contributed by atoms with Crippen molar-refractivity contribution in [3.63, 3.8) is 0 Å². The average Bonchev–Trinajstić information content (AvgIpc) is 3.31. The Morgan fingerprint density at radius 2 is 1.80 bits per heavy atom. The molecule has 1 aromatic heterocycles. The van der Waals surface area contributed by atoms with Crippen LogP contribution in [0.3, 0.4) is 0 Å². The first kappa shape index (κ1) is 21.4. The Kier molecular flexibility index (Phi) is 7.46. The van der Waals surface area contributed by atoms with Crippen LogP contribution in [0, 0.1) is 29.6 Å². The zero-order valence-electron chi connectivity index (χ0n) is 18.2. The molecule has 0 amide bonds. The molecule has 0 spiro atoms. The third kappa shape index (κ3) is 5.65. The van der Waals surface area contributed by atoms with Crippen LogP contribution in [0.15, 0.2) is 36.4 Å². The number of allylic oxidation sites excluding steroid dienone is 2. The minimum absolute atomic E-state index is 0.236. The lowest BCUT2D eigenvalue weighted by molar-refractivity contribution is 0.206. The lowest BCUT2D eigenvalue weighted by atomic mass is 9.71. The molecule has 3 aliphatic rings. The smallest absolute Gasteiger partial charge is 0.258 e. The molecule has 0 saturated heterocycles. The lowest BCUT2D eigenvalue weighted by Gasteiger charge is -2.34. The quantitative estimate of drug-likeness (QED) is 0.343. The van der Waals surface area contributed by atoms with E-state index in [-0.39, 0.29) is 5.75 Å². The monoisotopic (exact) mass is 413 g/mol. The van der Waals surface area contributed by atoms with Gasteiger partial charge in [-0.2, -0.15) is 9.37 Å². The maximum Gasteiger partial charge on any atom is 0.258 e. The Hall–Kier alpha value is -1.84. The standard InChI is InChI=1S/C26H36FNO2/c1-2-19-7-11-22(12-8-19)23-13-9-21(10-14-23)18-30-25-16-15-24(26(27)28-25)29-17-20-5-3-4-6-20/h2,9,15-16,19-20,22-23H,1,3-8,10-14,17-18H2. The highest BCUT2D eigenvalue weighted by atomic mass is 19.1. The largest absolute Gasteiger partial charge is 0.488 e. The molecule has 0 N–H and O–H groups in total. The first-order valence-corrected chi connectivity index (χ1v) is 11.9. The fraction of sp³-hybridized carbons (Fsp3) is 0.654. The highest BCUT2D eigenvalue weighted by Crippen LogP contribution is 2.39. The maximum absolute atomic E-state index is 14.3. The van der Waals surface area contributed by atoms with Crippen LogP contribution >= 0.6 is 0 Å². The predicted molar refractivity (Wildman–Crippen MR) is 118 cm³/mol. The third-order valence-electron chi connectivity index (χ3n) is 7.51. The molecule has 1 atom stereocenters. The van der Waals surface area contributed by atoms with E-state index in [4.69, 9.17) is 9.47 Å². The topological polar surface area (TPSA) is 31.4 Å². The third-order valence-corrected chi connectivity index (χ3v) is 7.51. The van der Waals surface area contributed by atoms with Crippen molar-refractivity contribution in [1.29, 1.82) is 0 Å². The Morgan fingerprint density at radius 1 is 1.00 bits per heavy atom. The zero-order chi connectivity index (χ0) is 20.8. The molecular formula is C26H36FNO2. The Balaban J connectivity index is 1.21. The summed E-state index contributed by atoms with van der Waals surface area (Å²) in [6, 6.07) is 3.37. The van der Waals surface area contributed by atoms with Crippen LogP contribution in [-0.2, 0) is 0 Å². The van der Waals surface area contributed by atoms with Gasteiger partial charge >= 0.3 is 0 Å². The average molecular weight is 414 g/mol. The molecule has 30 heavy (non-hydrogen) atoms. The van der Waals surface area contributed by atoms with Crippen molar-refractivity contribution in [3.8, 4) is 11.6 Å². The van der Waals surface area contributed by atoms with Gasteiger partial charge in [0.25, 0.3) is 5.95 Å². The Bertz CT molecular complexity index is 733.